The highest BCUT2D eigenvalue weighted by Crippen LogP contribution is 2.28. The third-order valence-corrected chi connectivity index (χ3v) is 2.58. The van der Waals surface area contributed by atoms with E-state index in [2.05, 4.69) is 30.7 Å². The van der Waals surface area contributed by atoms with Crippen LogP contribution in [0.4, 0.5) is 0 Å². The van der Waals surface area contributed by atoms with Gasteiger partial charge in [-0.1, -0.05) is 12.2 Å². The van der Waals surface area contributed by atoms with Crippen LogP contribution in [-0.2, 0) is 4.74 Å². The van der Waals surface area contributed by atoms with E-state index in [4.69, 9.17) is 10.5 Å². The van der Waals surface area contributed by atoms with Crippen LogP contribution in [-0.4, -0.2) is 30.8 Å². The largest absolute Gasteiger partial charge is 0.371 e. The Morgan fingerprint density at radius 1 is 1.62 bits per heavy atom. The molecule has 92 valence electrons. The van der Waals surface area contributed by atoms with Gasteiger partial charge in [-0.3, -0.25) is 0 Å². The van der Waals surface area contributed by atoms with Gasteiger partial charge < -0.3 is 15.8 Å². The zero-order valence-corrected chi connectivity index (χ0v) is 10.5. The minimum absolute atomic E-state index is 0.00988. The SMILES string of the molecule is C=C(C)CN=C(N)NCC1CCC(C)(C)O1. The summed E-state index contributed by atoms with van der Waals surface area (Å²) in [5, 5.41) is 3.08. The average molecular weight is 225 g/mol. The molecule has 1 fully saturated rings. The van der Waals surface area contributed by atoms with E-state index in [9.17, 15) is 0 Å². The van der Waals surface area contributed by atoms with Crippen molar-refractivity contribution in [3.63, 3.8) is 0 Å². The maximum absolute atomic E-state index is 5.83. The van der Waals surface area contributed by atoms with Gasteiger partial charge in [0.25, 0.3) is 0 Å². The Hall–Kier alpha value is -1.03. The molecule has 0 saturated carbocycles. The smallest absolute Gasteiger partial charge is 0.188 e. The molecule has 1 saturated heterocycles. The molecule has 0 radical (unpaired) electrons. The molecule has 0 aromatic heterocycles. The highest BCUT2D eigenvalue weighted by Gasteiger charge is 2.31. The highest BCUT2D eigenvalue weighted by atomic mass is 16.5. The summed E-state index contributed by atoms with van der Waals surface area (Å²) < 4.78 is 5.83. The standard InChI is InChI=1S/C12H23N3O/c1-9(2)7-14-11(13)15-8-10-5-6-12(3,4)16-10/h10H,1,5-8H2,2-4H3,(H3,13,14,15). The number of nitrogens with one attached hydrogen (secondary N) is 1. The first-order valence-corrected chi connectivity index (χ1v) is 5.75. The maximum Gasteiger partial charge on any atom is 0.188 e. The molecule has 0 aromatic rings. The monoisotopic (exact) mass is 225 g/mol. The quantitative estimate of drug-likeness (QED) is 0.432. The van der Waals surface area contributed by atoms with Crippen molar-refractivity contribution >= 4 is 5.96 Å². The van der Waals surface area contributed by atoms with Gasteiger partial charge in [-0.05, 0) is 33.6 Å². The maximum atomic E-state index is 5.83. The van der Waals surface area contributed by atoms with Gasteiger partial charge >= 0.3 is 0 Å². The first-order chi connectivity index (χ1) is 7.39. The van der Waals surface area contributed by atoms with Crippen LogP contribution in [0.2, 0.25) is 0 Å². The molecule has 3 N–H and O–H groups in total. The van der Waals surface area contributed by atoms with Gasteiger partial charge in [0.05, 0.1) is 18.2 Å². The molecule has 0 amide bonds. The summed E-state index contributed by atoms with van der Waals surface area (Å²) >= 11 is 0. The second-order valence-corrected chi connectivity index (χ2v) is 5.08. The Kier molecular flexibility index (Phi) is 4.35. The molecule has 1 aliphatic rings. The van der Waals surface area contributed by atoms with Crippen molar-refractivity contribution in [1.82, 2.24) is 5.32 Å². The third-order valence-electron chi connectivity index (χ3n) is 2.58. The molecular weight excluding hydrogens is 202 g/mol. The average Bonchev–Trinajstić information content (AvgIpc) is 2.52. The van der Waals surface area contributed by atoms with Gasteiger partial charge in [-0.15, -0.1) is 0 Å². The second-order valence-electron chi connectivity index (χ2n) is 5.08. The van der Waals surface area contributed by atoms with Crippen molar-refractivity contribution in [2.45, 2.75) is 45.3 Å². The van der Waals surface area contributed by atoms with E-state index < -0.39 is 0 Å². The first-order valence-electron chi connectivity index (χ1n) is 5.75. The lowest BCUT2D eigenvalue weighted by atomic mass is 10.1. The van der Waals surface area contributed by atoms with E-state index >= 15 is 0 Å². The van der Waals surface area contributed by atoms with Gasteiger partial charge in [0.1, 0.15) is 0 Å². The molecule has 4 nitrogen and oxygen atoms in total. The third kappa shape index (κ3) is 4.66. The Balaban J connectivity index is 2.25. The molecule has 0 aromatic carbocycles. The zero-order chi connectivity index (χ0) is 12.2. The van der Waals surface area contributed by atoms with Crippen molar-refractivity contribution in [1.29, 1.82) is 0 Å². The fraction of sp³-hybridized carbons (Fsp3) is 0.750. The lowest BCUT2D eigenvalue weighted by molar-refractivity contribution is -0.0125. The van der Waals surface area contributed by atoms with E-state index in [-0.39, 0.29) is 11.7 Å². The number of rotatable bonds is 4. The zero-order valence-electron chi connectivity index (χ0n) is 10.5. The highest BCUT2D eigenvalue weighted by molar-refractivity contribution is 5.77. The molecular formula is C12H23N3O. The summed E-state index contributed by atoms with van der Waals surface area (Å²) in [5.41, 5.74) is 6.72. The molecule has 4 heteroatoms. The number of nitrogens with zero attached hydrogens (tertiary/aromatic N) is 1. The van der Waals surface area contributed by atoms with Crippen molar-refractivity contribution in [2.24, 2.45) is 10.7 Å². The van der Waals surface area contributed by atoms with E-state index in [1.54, 1.807) is 0 Å². The fourth-order valence-electron chi connectivity index (χ4n) is 1.72. The lowest BCUT2D eigenvalue weighted by Gasteiger charge is -2.19. The van der Waals surface area contributed by atoms with Crippen LogP contribution in [0.5, 0.6) is 0 Å². The van der Waals surface area contributed by atoms with E-state index in [0.29, 0.717) is 12.5 Å². The van der Waals surface area contributed by atoms with Crippen LogP contribution >= 0.6 is 0 Å². The van der Waals surface area contributed by atoms with Crippen LogP contribution in [0.15, 0.2) is 17.1 Å². The minimum Gasteiger partial charge on any atom is -0.371 e. The second kappa shape index (κ2) is 5.34. The van der Waals surface area contributed by atoms with Crippen LogP contribution in [0, 0.1) is 0 Å². The number of guanidine groups is 1. The number of hydrogen-bond donors (Lipinski definition) is 2. The van der Waals surface area contributed by atoms with Gasteiger partial charge in [0.15, 0.2) is 5.96 Å². The molecule has 1 atom stereocenters. The van der Waals surface area contributed by atoms with Crippen molar-refractivity contribution in [3.8, 4) is 0 Å². The minimum atomic E-state index is 0.00988. The normalized spacial score (nSPS) is 24.4. The molecule has 0 aliphatic carbocycles. The van der Waals surface area contributed by atoms with Crippen molar-refractivity contribution in [2.75, 3.05) is 13.1 Å². The number of hydrogen-bond acceptors (Lipinski definition) is 2. The predicted molar refractivity (Wildman–Crippen MR) is 67.5 cm³/mol. The summed E-state index contributed by atoms with van der Waals surface area (Å²) in [5.74, 6) is 0.469. The van der Waals surface area contributed by atoms with Gasteiger partial charge in [-0.2, -0.15) is 0 Å². The van der Waals surface area contributed by atoms with Crippen LogP contribution in [0.3, 0.4) is 0 Å². The first kappa shape index (κ1) is 13.0. The molecule has 1 unspecified atom stereocenters. The van der Waals surface area contributed by atoms with E-state index in [1.807, 2.05) is 6.92 Å². The van der Waals surface area contributed by atoms with Crippen molar-refractivity contribution in [3.05, 3.63) is 12.2 Å². The number of nitrogens with two attached hydrogens (primary N) is 1. The Morgan fingerprint density at radius 3 is 2.81 bits per heavy atom. The Bertz CT molecular complexity index is 284. The summed E-state index contributed by atoms with van der Waals surface area (Å²) in [6.07, 6.45) is 2.42. The molecule has 0 spiro atoms. The van der Waals surface area contributed by atoms with E-state index in [0.717, 1.165) is 25.0 Å². The Labute approximate surface area is 98.0 Å². The summed E-state index contributed by atoms with van der Waals surface area (Å²) in [6.45, 7) is 11.2. The van der Waals surface area contributed by atoms with Crippen molar-refractivity contribution < 1.29 is 4.74 Å². The molecule has 1 heterocycles. The van der Waals surface area contributed by atoms with Crippen LogP contribution in [0.1, 0.15) is 33.6 Å². The van der Waals surface area contributed by atoms with Crippen LogP contribution in [0.25, 0.3) is 0 Å². The summed E-state index contributed by atoms with van der Waals surface area (Å²) in [7, 11) is 0. The van der Waals surface area contributed by atoms with Gasteiger partial charge in [-0.25, -0.2) is 4.99 Å². The molecule has 16 heavy (non-hydrogen) atoms. The Morgan fingerprint density at radius 2 is 2.31 bits per heavy atom. The van der Waals surface area contributed by atoms with Gasteiger partial charge in [0.2, 0.25) is 0 Å². The lowest BCUT2D eigenvalue weighted by Crippen LogP contribution is -2.38. The van der Waals surface area contributed by atoms with Crippen LogP contribution < -0.4 is 11.1 Å². The topological polar surface area (TPSA) is 59.6 Å². The molecule has 0 bridgehead atoms. The fourth-order valence-corrected chi connectivity index (χ4v) is 1.72. The van der Waals surface area contributed by atoms with Gasteiger partial charge in [0, 0.05) is 6.54 Å². The summed E-state index contributed by atoms with van der Waals surface area (Å²) in [6, 6.07) is 0. The molecule has 1 rings (SSSR count). The predicted octanol–water partition coefficient (Wildman–Crippen LogP) is 1.42. The molecule has 1 aliphatic heterocycles. The number of ether oxygens (including phenoxy) is 1. The van der Waals surface area contributed by atoms with E-state index in [1.165, 1.54) is 0 Å². The number of aliphatic imine (C=N–C) groups is 1. The summed E-state index contributed by atoms with van der Waals surface area (Å²) in [4.78, 5) is 4.15.